The molecule has 2 aliphatic rings. The van der Waals surface area contributed by atoms with E-state index >= 15 is 0 Å². The van der Waals surface area contributed by atoms with E-state index < -0.39 is 11.4 Å². The van der Waals surface area contributed by atoms with Gasteiger partial charge in [-0.15, -0.1) is 0 Å². The molecule has 2 saturated carbocycles. The normalized spacial score (nSPS) is 20.3. The fourth-order valence-corrected chi connectivity index (χ4v) is 2.91. The maximum atomic E-state index is 14.0. The van der Waals surface area contributed by atoms with Gasteiger partial charge < -0.3 is 15.7 Å². The number of benzene rings is 1. The molecule has 0 atom stereocenters. The fraction of sp³-hybridized carbons (Fsp3) is 0.562. The van der Waals surface area contributed by atoms with E-state index in [0.29, 0.717) is 24.6 Å². The van der Waals surface area contributed by atoms with Crippen LogP contribution in [-0.4, -0.2) is 22.7 Å². The molecule has 0 heterocycles. The Bertz CT molecular complexity index is 537. The molecule has 1 aromatic carbocycles. The number of hydrogen-bond acceptors (Lipinski definition) is 3. The molecule has 0 radical (unpaired) electrons. The van der Waals surface area contributed by atoms with E-state index in [4.69, 9.17) is 0 Å². The number of carbonyl (C=O) groups excluding carboxylic acids is 1. The molecule has 0 aliphatic heterocycles. The molecular weight excluding hydrogens is 271 g/mol. The maximum absolute atomic E-state index is 14.0. The van der Waals surface area contributed by atoms with E-state index in [1.54, 1.807) is 12.1 Å². The summed E-state index contributed by atoms with van der Waals surface area (Å²) < 4.78 is 14.0. The van der Waals surface area contributed by atoms with E-state index in [-0.39, 0.29) is 18.0 Å². The minimum Gasteiger partial charge on any atom is -0.389 e. The summed E-state index contributed by atoms with van der Waals surface area (Å²) in [6.07, 6.45) is 5.35. The first-order chi connectivity index (χ1) is 10.1. The van der Waals surface area contributed by atoms with Crippen molar-refractivity contribution >= 4 is 17.3 Å². The van der Waals surface area contributed by atoms with Gasteiger partial charge in [0.25, 0.3) is 0 Å². The minimum atomic E-state index is -0.917. The lowest BCUT2D eigenvalue weighted by molar-refractivity contribution is -0.120. The highest BCUT2D eigenvalue weighted by atomic mass is 19.1. The standard InChI is InChI=1S/C16H21FN2O2/c17-12-4-3-5-13(18-11-6-7-11)15(12)19-14(20)10-16(21)8-1-2-9-16/h3-5,11,18,21H,1-2,6-10H2,(H,19,20). The second-order valence-electron chi connectivity index (χ2n) is 6.24. The molecule has 2 aliphatic carbocycles. The zero-order valence-corrected chi connectivity index (χ0v) is 12.0. The first-order valence-electron chi connectivity index (χ1n) is 7.63. The number of anilines is 2. The van der Waals surface area contributed by atoms with Gasteiger partial charge in [0.15, 0.2) is 0 Å². The smallest absolute Gasteiger partial charge is 0.227 e. The number of rotatable bonds is 5. The van der Waals surface area contributed by atoms with Crippen molar-refractivity contribution in [1.29, 1.82) is 0 Å². The van der Waals surface area contributed by atoms with Gasteiger partial charge in [0.2, 0.25) is 5.91 Å². The molecule has 1 aromatic rings. The second kappa shape index (κ2) is 5.64. The Morgan fingerprint density at radius 3 is 2.71 bits per heavy atom. The first-order valence-corrected chi connectivity index (χ1v) is 7.63. The topological polar surface area (TPSA) is 61.4 Å². The van der Waals surface area contributed by atoms with Crippen LogP contribution in [0.15, 0.2) is 18.2 Å². The highest BCUT2D eigenvalue weighted by molar-refractivity contribution is 5.95. The summed E-state index contributed by atoms with van der Waals surface area (Å²) in [4.78, 5) is 12.1. The van der Waals surface area contributed by atoms with Crippen LogP contribution >= 0.6 is 0 Å². The van der Waals surface area contributed by atoms with Crippen molar-refractivity contribution in [2.24, 2.45) is 0 Å². The molecular formula is C16H21FN2O2. The number of aliphatic hydroxyl groups is 1. The Morgan fingerprint density at radius 2 is 2.05 bits per heavy atom. The van der Waals surface area contributed by atoms with Crippen molar-refractivity contribution in [3.8, 4) is 0 Å². The number of nitrogens with one attached hydrogen (secondary N) is 2. The van der Waals surface area contributed by atoms with Gasteiger partial charge in [-0.3, -0.25) is 4.79 Å². The van der Waals surface area contributed by atoms with Crippen molar-refractivity contribution < 1.29 is 14.3 Å². The largest absolute Gasteiger partial charge is 0.389 e. The van der Waals surface area contributed by atoms with Gasteiger partial charge in [0.1, 0.15) is 11.5 Å². The zero-order chi connectivity index (χ0) is 14.9. The van der Waals surface area contributed by atoms with E-state index in [1.165, 1.54) is 6.07 Å². The summed E-state index contributed by atoms with van der Waals surface area (Å²) in [5, 5.41) is 16.1. The Labute approximate surface area is 123 Å². The lowest BCUT2D eigenvalue weighted by atomic mass is 9.97. The van der Waals surface area contributed by atoms with Crippen LogP contribution in [0.1, 0.15) is 44.9 Å². The average molecular weight is 292 g/mol. The van der Waals surface area contributed by atoms with Crippen LogP contribution in [0.5, 0.6) is 0 Å². The van der Waals surface area contributed by atoms with Crippen LogP contribution in [-0.2, 0) is 4.79 Å². The summed E-state index contributed by atoms with van der Waals surface area (Å²) in [5.41, 5.74) is -0.111. The van der Waals surface area contributed by atoms with Gasteiger partial charge in [0.05, 0.1) is 17.7 Å². The van der Waals surface area contributed by atoms with Gasteiger partial charge in [-0.05, 0) is 37.8 Å². The molecule has 0 spiro atoms. The number of amides is 1. The van der Waals surface area contributed by atoms with Crippen LogP contribution in [0.3, 0.4) is 0 Å². The molecule has 4 nitrogen and oxygen atoms in total. The highest BCUT2D eigenvalue weighted by Gasteiger charge is 2.34. The highest BCUT2D eigenvalue weighted by Crippen LogP contribution is 2.34. The number of halogens is 1. The van der Waals surface area contributed by atoms with Gasteiger partial charge in [-0.25, -0.2) is 4.39 Å². The van der Waals surface area contributed by atoms with Gasteiger partial charge in [-0.1, -0.05) is 18.9 Å². The predicted octanol–water partition coefficient (Wildman–Crippen LogP) is 3.03. The van der Waals surface area contributed by atoms with Crippen molar-refractivity contribution in [2.75, 3.05) is 10.6 Å². The van der Waals surface area contributed by atoms with Crippen LogP contribution < -0.4 is 10.6 Å². The summed E-state index contributed by atoms with van der Waals surface area (Å²) in [6.45, 7) is 0. The van der Waals surface area contributed by atoms with Gasteiger partial charge >= 0.3 is 0 Å². The third-order valence-electron chi connectivity index (χ3n) is 4.24. The minimum absolute atomic E-state index is 0.0319. The van der Waals surface area contributed by atoms with Crippen molar-refractivity contribution in [1.82, 2.24) is 0 Å². The molecule has 3 rings (SSSR count). The molecule has 21 heavy (non-hydrogen) atoms. The van der Waals surface area contributed by atoms with Crippen LogP contribution in [0.25, 0.3) is 0 Å². The number of hydrogen-bond donors (Lipinski definition) is 3. The lowest BCUT2D eigenvalue weighted by Crippen LogP contribution is -2.31. The summed E-state index contributed by atoms with van der Waals surface area (Å²) in [6, 6.07) is 5.10. The van der Waals surface area contributed by atoms with Crippen molar-refractivity contribution in [3.63, 3.8) is 0 Å². The maximum Gasteiger partial charge on any atom is 0.227 e. The van der Waals surface area contributed by atoms with Crippen LogP contribution in [0.2, 0.25) is 0 Å². The van der Waals surface area contributed by atoms with E-state index in [0.717, 1.165) is 25.7 Å². The Balaban J connectivity index is 1.69. The average Bonchev–Trinajstić information content (AvgIpc) is 3.14. The van der Waals surface area contributed by atoms with Crippen molar-refractivity contribution in [2.45, 2.75) is 56.6 Å². The van der Waals surface area contributed by atoms with Crippen LogP contribution in [0.4, 0.5) is 15.8 Å². The predicted molar refractivity (Wildman–Crippen MR) is 79.7 cm³/mol. The second-order valence-corrected chi connectivity index (χ2v) is 6.24. The molecule has 0 unspecified atom stereocenters. The van der Waals surface area contributed by atoms with Crippen LogP contribution in [0, 0.1) is 5.82 Å². The molecule has 0 bridgehead atoms. The molecule has 0 saturated heterocycles. The Hall–Kier alpha value is -1.62. The molecule has 1 amide bonds. The Kier molecular flexibility index (Phi) is 3.85. The summed E-state index contributed by atoms with van der Waals surface area (Å²) in [7, 11) is 0. The molecule has 2 fully saturated rings. The third-order valence-corrected chi connectivity index (χ3v) is 4.24. The summed E-state index contributed by atoms with van der Waals surface area (Å²) >= 11 is 0. The van der Waals surface area contributed by atoms with E-state index in [1.807, 2.05) is 0 Å². The quantitative estimate of drug-likeness (QED) is 0.781. The summed E-state index contributed by atoms with van der Waals surface area (Å²) in [5.74, 6) is -0.782. The number of carbonyl (C=O) groups is 1. The van der Waals surface area contributed by atoms with Gasteiger partial charge in [-0.2, -0.15) is 0 Å². The molecule has 0 aromatic heterocycles. The van der Waals surface area contributed by atoms with E-state index in [9.17, 15) is 14.3 Å². The molecule has 114 valence electrons. The SMILES string of the molecule is O=C(CC1(O)CCCC1)Nc1c(F)cccc1NC1CC1. The first kappa shape index (κ1) is 14.3. The molecule has 5 heteroatoms. The Morgan fingerprint density at radius 1 is 1.33 bits per heavy atom. The van der Waals surface area contributed by atoms with Crippen molar-refractivity contribution in [3.05, 3.63) is 24.0 Å². The monoisotopic (exact) mass is 292 g/mol. The zero-order valence-electron chi connectivity index (χ0n) is 12.0. The van der Waals surface area contributed by atoms with Gasteiger partial charge in [0, 0.05) is 6.04 Å². The third kappa shape index (κ3) is 3.53. The van der Waals surface area contributed by atoms with E-state index in [2.05, 4.69) is 10.6 Å². The molecule has 3 N–H and O–H groups in total. The fourth-order valence-electron chi connectivity index (χ4n) is 2.91. The number of para-hydroxylation sites is 1. The lowest BCUT2D eigenvalue weighted by Gasteiger charge is -2.22.